The van der Waals surface area contributed by atoms with Crippen molar-refractivity contribution in [1.82, 2.24) is 4.90 Å². The molecule has 0 saturated carbocycles. The van der Waals surface area contributed by atoms with Crippen LogP contribution in [0.15, 0.2) is 72.8 Å². The van der Waals surface area contributed by atoms with Crippen LogP contribution in [0.1, 0.15) is 28.7 Å². The van der Waals surface area contributed by atoms with E-state index in [4.69, 9.17) is 34.8 Å². The van der Waals surface area contributed by atoms with Gasteiger partial charge in [0, 0.05) is 23.7 Å². The van der Waals surface area contributed by atoms with E-state index in [1.54, 1.807) is 24.3 Å². The largest absolute Gasteiger partial charge is 0.326 e. The number of benzene rings is 3. The maximum atomic E-state index is 13.7. The smallest absolute Gasteiger partial charge is 0.235 e. The first-order chi connectivity index (χ1) is 16.8. The Morgan fingerprint density at radius 1 is 0.771 bits per heavy atom. The molecule has 0 aromatic heterocycles. The number of carbonyl (C=O) groups excluding carboxylic acids is 3. The van der Waals surface area contributed by atoms with E-state index < -0.39 is 33.4 Å². The fourth-order valence-electron chi connectivity index (χ4n) is 5.92. The monoisotopic (exact) mass is 524 g/mol. The zero-order valence-corrected chi connectivity index (χ0v) is 20.6. The number of hydrogen-bond acceptors (Lipinski definition) is 3. The summed E-state index contributed by atoms with van der Waals surface area (Å²) in [6, 6.07) is 21.7. The Labute approximate surface area is 217 Å². The van der Waals surface area contributed by atoms with Crippen LogP contribution in [-0.4, -0.2) is 29.2 Å². The number of nitrogens with one attached hydrogen (secondary N) is 1. The molecule has 5 nitrogen and oxygen atoms in total. The minimum absolute atomic E-state index is 0.0516. The van der Waals surface area contributed by atoms with E-state index in [2.05, 4.69) is 5.32 Å². The Bertz CT molecular complexity index is 1280. The maximum absolute atomic E-state index is 13.7. The second kappa shape index (κ2) is 7.82. The number of amides is 3. The van der Waals surface area contributed by atoms with Crippen molar-refractivity contribution in [3.8, 4) is 0 Å². The van der Waals surface area contributed by atoms with Crippen molar-refractivity contribution < 1.29 is 14.4 Å². The topological polar surface area (TPSA) is 66.5 Å². The van der Waals surface area contributed by atoms with E-state index in [9.17, 15) is 14.4 Å². The maximum Gasteiger partial charge on any atom is 0.235 e. The number of carbonyl (C=O) groups is 3. The van der Waals surface area contributed by atoms with Gasteiger partial charge in [-0.3, -0.25) is 19.3 Å². The van der Waals surface area contributed by atoms with E-state index >= 15 is 0 Å². The Hall–Kier alpha value is -2.86. The Morgan fingerprint density at radius 3 is 1.63 bits per heavy atom. The van der Waals surface area contributed by atoms with Crippen LogP contribution < -0.4 is 5.32 Å². The minimum atomic E-state index is -1.22. The van der Waals surface area contributed by atoms with Crippen molar-refractivity contribution in [2.24, 2.45) is 11.8 Å². The molecule has 3 aliphatic carbocycles. The molecular formula is C27H19Cl3N2O3. The summed E-state index contributed by atoms with van der Waals surface area (Å²) >= 11 is 20.7. The summed E-state index contributed by atoms with van der Waals surface area (Å²) in [7, 11) is 0. The number of rotatable bonds is 4. The van der Waals surface area contributed by atoms with Gasteiger partial charge in [-0.05, 0) is 46.5 Å². The zero-order chi connectivity index (χ0) is 24.5. The molecule has 0 spiro atoms. The lowest BCUT2D eigenvalue weighted by Gasteiger charge is -2.54. The van der Waals surface area contributed by atoms with Crippen LogP contribution >= 0.6 is 34.8 Å². The predicted molar refractivity (Wildman–Crippen MR) is 135 cm³/mol. The summed E-state index contributed by atoms with van der Waals surface area (Å²) in [6.07, 6.45) is -0.0516. The number of anilines is 1. The number of likely N-dealkylation sites (tertiary alicyclic amines) is 1. The van der Waals surface area contributed by atoms with Gasteiger partial charge in [0.05, 0.1) is 11.8 Å². The van der Waals surface area contributed by atoms with Crippen molar-refractivity contribution in [3.05, 3.63) is 100 Å². The Kier molecular flexibility index (Phi) is 5.05. The first-order valence-corrected chi connectivity index (χ1v) is 12.4. The molecule has 176 valence electrons. The van der Waals surface area contributed by atoms with Gasteiger partial charge >= 0.3 is 0 Å². The van der Waals surface area contributed by atoms with E-state index in [0.29, 0.717) is 10.7 Å². The van der Waals surface area contributed by atoms with E-state index in [1.165, 1.54) is 0 Å². The third-order valence-electron chi connectivity index (χ3n) is 7.37. The van der Waals surface area contributed by atoms with Crippen molar-refractivity contribution in [3.63, 3.8) is 0 Å². The van der Waals surface area contributed by atoms with E-state index in [0.717, 1.165) is 27.2 Å². The van der Waals surface area contributed by atoms with Gasteiger partial charge in [-0.2, -0.15) is 0 Å². The molecule has 7 rings (SSSR count). The highest BCUT2D eigenvalue weighted by Crippen LogP contribution is 2.69. The molecule has 3 aromatic rings. The molecule has 0 radical (unpaired) electrons. The second-order valence-electron chi connectivity index (χ2n) is 9.10. The minimum Gasteiger partial charge on any atom is -0.326 e. The molecule has 3 aromatic carbocycles. The van der Waals surface area contributed by atoms with Crippen LogP contribution in [0.5, 0.6) is 0 Å². The van der Waals surface area contributed by atoms with Gasteiger partial charge in [0.1, 0.15) is 9.75 Å². The molecule has 3 amide bonds. The molecule has 1 saturated heterocycles. The first-order valence-electron chi connectivity index (χ1n) is 11.3. The summed E-state index contributed by atoms with van der Waals surface area (Å²) in [5.74, 6) is -2.85. The van der Waals surface area contributed by atoms with Crippen molar-refractivity contribution in [1.29, 1.82) is 0 Å². The van der Waals surface area contributed by atoms with Gasteiger partial charge in [0.25, 0.3) is 0 Å². The van der Waals surface area contributed by atoms with Gasteiger partial charge < -0.3 is 5.32 Å². The standard InChI is InChI=1S/C27H19Cl3N2O3/c28-15-9-11-16(12-10-15)31-21(33)13-14-32-24(34)22-23(25(32)35)27(30)18-6-2-1-5-17(18)26(22,29)19-7-3-4-8-20(19)27/h1-12,22-23H,13-14H2,(H,31,33)/t22-,23-,26?,27?/m1/s1. The Balaban J connectivity index is 1.34. The molecule has 8 heteroatoms. The zero-order valence-electron chi connectivity index (χ0n) is 18.3. The molecule has 1 aliphatic heterocycles. The lowest BCUT2D eigenvalue weighted by atomic mass is 9.54. The third kappa shape index (κ3) is 2.98. The molecule has 1 heterocycles. The lowest BCUT2D eigenvalue weighted by Crippen LogP contribution is -2.57. The molecule has 4 aliphatic rings. The average molecular weight is 526 g/mol. The predicted octanol–water partition coefficient (Wildman–Crippen LogP) is 5.26. The molecule has 0 unspecified atom stereocenters. The summed E-state index contributed by atoms with van der Waals surface area (Å²) in [5.41, 5.74) is 3.58. The average Bonchev–Trinajstić information content (AvgIpc) is 3.13. The third-order valence-corrected chi connectivity index (χ3v) is 8.90. The normalized spacial score (nSPS) is 27.9. The van der Waals surface area contributed by atoms with Crippen molar-refractivity contribution >= 4 is 58.2 Å². The van der Waals surface area contributed by atoms with Crippen molar-refractivity contribution in [2.75, 3.05) is 11.9 Å². The van der Waals surface area contributed by atoms with E-state index in [1.807, 2.05) is 48.5 Å². The van der Waals surface area contributed by atoms with Gasteiger partial charge in [-0.25, -0.2) is 0 Å². The molecular weight excluding hydrogens is 507 g/mol. The van der Waals surface area contributed by atoms with Crippen LogP contribution in [0, 0.1) is 11.8 Å². The van der Waals surface area contributed by atoms with Crippen molar-refractivity contribution in [2.45, 2.75) is 16.2 Å². The van der Waals surface area contributed by atoms with Crippen LogP contribution in [-0.2, 0) is 24.1 Å². The molecule has 35 heavy (non-hydrogen) atoms. The molecule has 2 bridgehead atoms. The summed E-state index contributed by atoms with van der Waals surface area (Å²) in [6.45, 7) is -0.0588. The van der Waals surface area contributed by atoms with Crippen LogP contribution in [0.2, 0.25) is 5.02 Å². The quantitative estimate of drug-likeness (QED) is 0.373. The summed E-state index contributed by atoms with van der Waals surface area (Å²) < 4.78 is 0. The lowest BCUT2D eigenvalue weighted by molar-refractivity contribution is -0.140. The number of halogens is 3. The molecule has 2 atom stereocenters. The van der Waals surface area contributed by atoms with E-state index in [-0.39, 0.29) is 18.9 Å². The van der Waals surface area contributed by atoms with Crippen LogP contribution in [0.3, 0.4) is 0 Å². The number of alkyl halides is 2. The molecule has 1 fully saturated rings. The van der Waals surface area contributed by atoms with Gasteiger partial charge in [-0.15, -0.1) is 23.2 Å². The summed E-state index contributed by atoms with van der Waals surface area (Å²) in [4.78, 5) is 38.7. The fraction of sp³-hybridized carbons (Fsp3) is 0.222. The number of hydrogen-bond donors (Lipinski definition) is 1. The summed E-state index contributed by atoms with van der Waals surface area (Å²) in [5, 5.41) is 3.32. The highest BCUT2D eigenvalue weighted by atomic mass is 35.5. The molecule has 1 N–H and O–H groups in total. The van der Waals surface area contributed by atoms with Crippen LogP contribution in [0.4, 0.5) is 5.69 Å². The SMILES string of the molecule is O=C(CCN1C(=O)[C@H]2[C@H](C1=O)C1(Cl)c3ccccc3C2(Cl)c2ccccc21)Nc1ccc(Cl)cc1. The fourth-order valence-corrected chi connectivity index (χ4v) is 7.14. The second-order valence-corrected chi connectivity index (χ2v) is 10.7. The highest BCUT2D eigenvalue weighted by molar-refractivity contribution is 6.36. The first kappa shape index (κ1) is 22.6. The number of nitrogens with zero attached hydrogens (tertiary/aromatic N) is 1. The van der Waals surface area contributed by atoms with Crippen LogP contribution in [0.25, 0.3) is 0 Å². The number of imide groups is 1. The highest BCUT2D eigenvalue weighted by Gasteiger charge is 2.72. The van der Waals surface area contributed by atoms with Gasteiger partial charge in [-0.1, -0.05) is 60.1 Å². The van der Waals surface area contributed by atoms with Gasteiger partial charge in [0.2, 0.25) is 17.7 Å². The van der Waals surface area contributed by atoms with Gasteiger partial charge in [0.15, 0.2) is 0 Å². The Morgan fingerprint density at radius 2 is 1.20 bits per heavy atom.